The molecular weight excluding hydrogens is 274 g/mol. The molecule has 0 saturated carbocycles. The molecule has 1 heterocycles. The lowest BCUT2D eigenvalue weighted by molar-refractivity contribution is -0.124. The Morgan fingerprint density at radius 3 is 2.59 bits per heavy atom. The number of aryl methyl sites for hydroxylation is 2. The van der Waals surface area contributed by atoms with Crippen LogP contribution in [0.1, 0.15) is 23.6 Å². The van der Waals surface area contributed by atoms with Gasteiger partial charge in [0, 0.05) is 12.2 Å². The SMILES string of the molecule is Cc1ccc(OC(C)C(=O)N2CCc3cccc(C)c32)cc1. The first kappa shape index (κ1) is 14.6. The van der Waals surface area contributed by atoms with E-state index < -0.39 is 6.10 Å². The molecule has 1 aliphatic heterocycles. The number of ether oxygens (including phenoxy) is 1. The average Bonchev–Trinajstić information content (AvgIpc) is 2.94. The molecule has 3 heteroatoms. The zero-order chi connectivity index (χ0) is 15.7. The standard InChI is InChI=1S/C19H21NO2/c1-13-7-9-17(10-8-13)22-15(3)19(21)20-12-11-16-6-4-5-14(2)18(16)20/h4-10,15H,11-12H2,1-3H3. The molecule has 2 aromatic carbocycles. The summed E-state index contributed by atoms with van der Waals surface area (Å²) < 4.78 is 5.81. The maximum absolute atomic E-state index is 12.7. The third-order valence-corrected chi connectivity index (χ3v) is 4.14. The predicted molar refractivity (Wildman–Crippen MR) is 88.5 cm³/mol. The van der Waals surface area contributed by atoms with Crippen molar-refractivity contribution in [3.63, 3.8) is 0 Å². The summed E-state index contributed by atoms with van der Waals surface area (Å²) in [6.45, 7) is 6.64. The van der Waals surface area contributed by atoms with Gasteiger partial charge in [-0.1, -0.05) is 35.9 Å². The van der Waals surface area contributed by atoms with Gasteiger partial charge in [-0.15, -0.1) is 0 Å². The molecule has 0 N–H and O–H groups in total. The molecule has 3 rings (SSSR count). The van der Waals surface area contributed by atoms with Crippen LogP contribution in [0.15, 0.2) is 42.5 Å². The highest BCUT2D eigenvalue weighted by Gasteiger charge is 2.30. The summed E-state index contributed by atoms with van der Waals surface area (Å²) in [5, 5.41) is 0. The largest absolute Gasteiger partial charge is 0.481 e. The van der Waals surface area contributed by atoms with Crippen LogP contribution in [0, 0.1) is 13.8 Å². The number of hydrogen-bond donors (Lipinski definition) is 0. The van der Waals surface area contributed by atoms with Crippen molar-refractivity contribution in [1.29, 1.82) is 0 Å². The van der Waals surface area contributed by atoms with E-state index in [1.165, 1.54) is 11.1 Å². The number of nitrogens with zero attached hydrogens (tertiary/aromatic N) is 1. The Morgan fingerprint density at radius 2 is 1.86 bits per heavy atom. The van der Waals surface area contributed by atoms with Gasteiger partial charge < -0.3 is 9.64 Å². The summed E-state index contributed by atoms with van der Waals surface area (Å²) in [7, 11) is 0. The molecule has 2 aromatic rings. The Balaban J connectivity index is 1.76. The van der Waals surface area contributed by atoms with Crippen LogP contribution < -0.4 is 9.64 Å². The smallest absolute Gasteiger partial charge is 0.267 e. The van der Waals surface area contributed by atoms with Crippen molar-refractivity contribution in [3.8, 4) is 5.75 Å². The van der Waals surface area contributed by atoms with Gasteiger partial charge in [0.15, 0.2) is 6.10 Å². The van der Waals surface area contributed by atoms with Crippen LogP contribution in [0.5, 0.6) is 5.75 Å². The van der Waals surface area contributed by atoms with Crippen LogP contribution in [0.2, 0.25) is 0 Å². The normalized spacial score (nSPS) is 14.6. The van der Waals surface area contributed by atoms with Crippen molar-refractivity contribution in [2.75, 3.05) is 11.4 Å². The molecule has 1 unspecified atom stereocenters. The number of hydrogen-bond acceptors (Lipinski definition) is 2. The van der Waals surface area contributed by atoms with Gasteiger partial charge in [0.1, 0.15) is 5.75 Å². The second-order valence-electron chi connectivity index (χ2n) is 5.90. The van der Waals surface area contributed by atoms with Crippen molar-refractivity contribution < 1.29 is 9.53 Å². The number of fused-ring (bicyclic) bond motifs is 1. The summed E-state index contributed by atoms with van der Waals surface area (Å²) in [6.07, 6.45) is 0.424. The van der Waals surface area contributed by atoms with Crippen LogP contribution in [0.3, 0.4) is 0 Å². The van der Waals surface area contributed by atoms with Crippen molar-refractivity contribution in [3.05, 3.63) is 59.2 Å². The molecule has 0 aliphatic carbocycles. The summed E-state index contributed by atoms with van der Waals surface area (Å²) in [6, 6.07) is 14.0. The van der Waals surface area contributed by atoms with Crippen molar-refractivity contribution in [2.24, 2.45) is 0 Å². The number of carbonyl (C=O) groups excluding carboxylic acids is 1. The zero-order valence-electron chi connectivity index (χ0n) is 13.3. The zero-order valence-corrected chi connectivity index (χ0v) is 13.3. The lowest BCUT2D eigenvalue weighted by Crippen LogP contribution is -2.39. The predicted octanol–water partition coefficient (Wildman–Crippen LogP) is 3.66. The van der Waals surface area contributed by atoms with E-state index in [0.717, 1.165) is 30.0 Å². The maximum atomic E-state index is 12.7. The molecule has 1 atom stereocenters. The number of benzene rings is 2. The van der Waals surface area contributed by atoms with Gasteiger partial charge in [-0.2, -0.15) is 0 Å². The molecule has 1 amide bonds. The fourth-order valence-electron chi connectivity index (χ4n) is 2.96. The average molecular weight is 295 g/mol. The van der Waals surface area contributed by atoms with Gasteiger partial charge in [0.05, 0.1) is 0 Å². The van der Waals surface area contributed by atoms with E-state index in [9.17, 15) is 4.79 Å². The molecule has 0 radical (unpaired) electrons. The van der Waals surface area contributed by atoms with Crippen LogP contribution in [0.4, 0.5) is 5.69 Å². The van der Waals surface area contributed by atoms with Gasteiger partial charge in [-0.3, -0.25) is 4.79 Å². The van der Waals surface area contributed by atoms with Crippen molar-refractivity contribution >= 4 is 11.6 Å². The molecular formula is C19H21NO2. The third kappa shape index (κ3) is 2.71. The molecule has 22 heavy (non-hydrogen) atoms. The van der Waals surface area contributed by atoms with Crippen LogP contribution >= 0.6 is 0 Å². The van der Waals surface area contributed by atoms with Crippen molar-refractivity contribution in [2.45, 2.75) is 33.3 Å². The minimum Gasteiger partial charge on any atom is -0.481 e. The van der Waals surface area contributed by atoms with Crippen LogP contribution in [-0.4, -0.2) is 18.6 Å². The summed E-state index contributed by atoms with van der Waals surface area (Å²) in [5.74, 6) is 0.754. The first-order chi connectivity index (χ1) is 10.6. The quantitative estimate of drug-likeness (QED) is 0.865. The number of anilines is 1. The summed E-state index contributed by atoms with van der Waals surface area (Å²) >= 11 is 0. The molecule has 0 bridgehead atoms. The molecule has 1 aliphatic rings. The third-order valence-electron chi connectivity index (χ3n) is 4.14. The molecule has 114 valence electrons. The molecule has 0 saturated heterocycles. The highest BCUT2D eigenvalue weighted by atomic mass is 16.5. The van der Waals surface area contributed by atoms with E-state index in [4.69, 9.17) is 4.74 Å². The first-order valence-corrected chi connectivity index (χ1v) is 7.69. The molecule has 0 fully saturated rings. The topological polar surface area (TPSA) is 29.5 Å². The lowest BCUT2D eigenvalue weighted by Gasteiger charge is -2.23. The lowest BCUT2D eigenvalue weighted by atomic mass is 10.1. The van der Waals surface area contributed by atoms with E-state index in [0.29, 0.717) is 0 Å². The van der Waals surface area contributed by atoms with Gasteiger partial charge in [0.2, 0.25) is 0 Å². The number of para-hydroxylation sites is 1. The molecule has 0 aromatic heterocycles. The fourth-order valence-corrected chi connectivity index (χ4v) is 2.96. The second-order valence-corrected chi connectivity index (χ2v) is 5.90. The number of rotatable bonds is 3. The minimum atomic E-state index is -0.492. The highest BCUT2D eigenvalue weighted by Crippen LogP contribution is 2.32. The Bertz CT molecular complexity index is 691. The minimum absolute atomic E-state index is 0.0219. The Hall–Kier alpha value is -2.29. The van der Waals surface area contributed by atoms with Gasteiger partial charge in [-0.05, 0) is 50.5 Å². The fraction of sp³-hybridized carbons (Fsp3) is 0.316. The monoisotopic (exact) mass is 295 g/mol. The number of carbonyl (C=O) groups is 1. The Labute approximate surface area is 131 Å². The van der Waals surface area contributed by atoms with Crippen molar-refractivity contribution in [1.82, 2.24) is 0 Å². The first-order valence-electron chi connectivity index (χ1n) is 7.69. The van der Waals surface area contributed by atoms with E-state index in [2.05, 4.69) is 19.1 Å². The molecule has 3 nitrogen and oxygen atoms in total. The Morgan fingerprint density at radius 1 is 1.14 bits per heavy atom. The summed E-state index contributed by atoms with van der Waals surface area (Å²) in [5.41, 5.74) is 4.63. The van der Waals surface area contributed by atoms with Gasteiger partial charge in [0.25, 0.3) is 5.91 Å². The highest BCUT2D eigenvalue weighted by molar-refractivity contribution is 5.99. The van der Waals surface area contributed by atoms with E-state index >= 15 is 0 Å². The molecule has 0 spiro atoms. The maximum Gasteiger partial charge on any atom is 0.267 e. The van der Waals surface area contributed by atoms with Gasteiger partial charge >= 0.3 is 0 Å². The second kappa shape index (κ2) is 5.84. The Kier molecular flexibility index (Phi) is 3.88. The van der Waals surface area contributed by atoms with Crippen LogP contribution in [0.25, 0.3) is 0 Å². The summed E-state index contributed by atoms with van der Waals surface area (Å²) in [4.78, 5) is 14.6. The number of amides is 1. The van der Waals surface area contributed by atoms with E-state index in [-0.39, 0.29) is 5.91 Å². The van der Waals surface area contributed by atoms with Crippen LogP contribution in [-0.2, 0) is 11.2 Å². The van der Waals surface area contributed by atoms with E-state index in [1.54, 1.807) is 0 Å². The van der Waals surface area contributed by atoms with E-state index in [1.807, 2.05) is 49.1 Å². The van der Waals surface area contributed by atoms with Gasteiger partial charge in [-0.25, -0.2) is 0 Å².